The molecule has 0 heterocycles. The normalized spacial score (nSPS) is 11.0. The Labute approximate surface area is 118 Å². The first-order chi connectivity index (χ1) is 8.90. The first kappa shape index (κ1) is 15.1. The third kappa shape index (κ3) is 5.05. The molecule has 0 atom stereocenters. The molecule has 0 saturated carbocycles. The molecule has 5 nitrogen and oxygen atoms in total. The molecule has 0 aliphatic heterocycles. The van der Waals surface area contributed by atoms with Crippen LogP contribution in [0.25, 0.3) is 0 Å². The van der Waals surface area contributed by atoms with Gasteiger partial charge in [-0.3, -0.25) is 10.2 Å². The summed E-state index contributed by atoms with van der Waals surface area (Å²) >= 11 is 4.62. The molecule has 0 spiro atoms. The Morgan fingerprint density at radius 3 is 2.74 bits per heavy atom. The fraction of sp³-hybridized carbons (Fsp3) is 0.308. The van der Waals surface area contributed by atoms with E-state index in [0.29, 0.717) is 5.71 Å². The van der Waals surface area contributed by atoms with Crippen molar-refractivity contribution in [2.45, 2.75) is 27.2 Å². The molecule has 0 aliphatic rings. The Balaban J connectivity index is 2.63. The number of anilines is 1. The summed E-state index contributed by atoms with van der Waals surface area (Å²) in [6, 6.07) is 5.79. The number of rotatable bonds is 4. The summed E-state index contributed by atoms with van der Waals surface area (Å²) in [5.41, 5.74) is 11.3. The Bertz CT molecular complexity index is 525. The number of hydrogen-bond acceptors (Lipinski definition) is 3. The van der Waals surface area contributed by atoms with Crippen molar-refractivity contribution < 1.29 is 4.79 Å². The number of amides is 1. The number of benzene rings is 1. The summed E-state index contributed by atoms with van der Waals surface area (Å²) in [5.74, 6) is -0.125. The molecule has 1 aromatic carbocycles. The van der Waals surface area contributed by atoms with Gasteiger partial charge in [0.25, 0.3) is 0 Å². The molecule has 0 unspecified atom stereocenters. The lowest BCUT2D eigenvalue weighted by molar-refractivity contribution is -0.115. The quantitative estimate of drug-likeness (QED) is 0.446. The van der Waals surface area contributed by atoms with Crippen LogP contribution in [0.3, 0.4) is 0 Å². The molecule has 0 aliphatic carbocycles. The number of aryl methyl sites for hydroxylation is 1. The summed E-state index contributed by atoms with van der Waals surface area (Å²) in [6.45, 7) is 5.71. The maximum Gasteiger partial charge on any atom is 0.230 e. The summed E-state index contributed by atoms with van der Waals surface area (Å²) in [4.78, 5) is 11.8. The van der Waals surface area contributed by atoms with Crippen molar-refractivity contribution in [1.29, 1.82) is 0 Å². The number of nitrogens with zero attached hydrogens (tertiary/aromatic N) is 1. The molecule has 102 valence electrons. The van der Waals surface area contributed by atoms with Crippen LogP contribution in [0.5, 0.6) is 0 Å². The van der Waals surface area contributed by atoms with Crippen LogP contribution in [0, 0.1) is 13.8 Å². The van der Waals surface area contributed by atoms with Gasteiger partial charge >= 0.3 is 0 Å². The van der Waals surface area contributed by atoms with Gasteiger partial charge in [0.05, 0.1) is 6.42 Å². The van der Waals surface area contributed by atoms with E-state index in [2.05, 4.69) is 28.1 Å². The van der Waals surface area contributed by atoms with E-state index in [1.165, 1.54) is 0 Å². The van der Waals surface area contributed by atoms with Crippen LogP contribution >= 0.6 is 12.2 Å². The highest BCUT2D eigenvalue weighted by molar-refractivity contribution is 7.80. The van der Waals surface area contributed by atoms with Crippen LogP contribution < -0.4 is 16.5 Å². The second kappa shape index (κ2) is 6.84. The number of hydrazone groups is 1. The third-order valence-corrected chi connectivity index (χ3v) is 2.74. The van der Waals surface area contributed by atoms with Crippen LogP contribution in [-0.2, 0) is 4.79 Å². The minimum Gasteiger partial charge on any atom is -0.375 e. The zero-order valence-corrected chi connectivity index (χ0v) is 12.1. The SMILES string of the molecule is CC(CC(=O)Nc1cccc(C)c1C)=NNC(N)=S. The second-order valence-corrected chi connectivity index (χ2v) is 4.74. The topological polar surface area (TPSA) is 79.5 Å². The second-order valence-electron chi connectivity index (χ2n) is 4.30. The number of carbonyl (C=O) groups excluding carboxylic acids is 1. The zero-order chi connectivity index (χ0) is 14.4. The molecule has 0 radical (unpaired) electrons. The maximum absolute atomic E-state index is 11.8. The molecule has 1 aromatic rings. The summed E-state index contributed by atoms with van der Waals surface area (Å²) in [5, 5.41) is 6.82. The van der Waals surface area contributed by atoms with E-state index in [4.69, 9.17) is 5.73 Å². The molecule has 4 N–H and O–H groups in total. The number of nitrogens with one attached hydrogen (secondary N) is 2. The van der Waals surface area contributed by atoms with E-state index < -0.39 is 0 Å². The molecular weight excluding hydrogens is 260 g/mol. The van der Waals surface area contributed by atoms with Crippen LogP contribution in [0.1, 0.15) is 24.5 Å². The van der Waals surface area contributed by atoms with Crippen LogP contribution in [0.15, 0.2) is 23.3 Å². The van der Waals surface area contributed by atoms with Gasteiger partial charge in [-0.2, -0.15) is 5.10 Å². The molecule has 1 amide bonds. The van der Waals surface area contributed by atoms with Crippen molar-refractivity contribution in [3.63, 3.8) is 0 Å². The minimum absolute atomic E-state index is 0.0780. The predicted molar refractivity (Wildman–Crippen MR) is 82.2 cm³/mol. The molecular formula is C13H18N4OS. The lowest BCUT2D eigenvalue weighted by Crippen LogP contribution is -2.26. The average Bonchev–Trinajstić information content (AvgIpc) is 2.32. The number of nitrogens with two attached hydrogens (primary N) is 1. The van der Waals surface area contributed by atoms with E-state index >= 15 is 0 Å². The van der Waals surface area contributed by atoms with E-state index in [0.717, 1.165) is 16.8 Å². The summed E-state index contributed by atoms with van der Waals surface area (Å²) in [6.07, 6.45) is 0.184. The lowest BCUT2D eigenvalue weighted by atomic mass is 10.1. The van der Waals surface area contributed by atoms with Gasteiger partial charge in [-0.1, -0.05) is 12.1 Å². The Morgan fingerprint density at radius 1 is 1.42 bits per heavy atom. The van der Waals surface area contributed by atoms with Gasteiger partial charge in [0.2, 0.25) is 5.91 Å². The van der Waals surface area contributed by atoms with E-state index in [1.54, 1.807) is 6.92 Å². The van der Waals surface area contributed by atoms with Crippen molar-refractivity contribution >= 4 is 34.6 Å². The Hall–Kier alpha value is -1.95. The highest BCUT2D eigenvalue weighted by Crippen LogP contribution is 2.17. The highest BCUT2D eigenvalue weighted by Gasteiger charge is 2.07. The van der Waals surface area contributed by atoms with Gasteiger partial charge in [0.15, 0.2) is 5.11 Å². The molecule has 19 heavy (non-hydrogen) atoms. The van der Waals surface area contributed by atoms with E-state index in [1.807, 2.05) is 32.0 Å². The van der Waals surface area contributed by atoms with E-state index in [9.17, 15) is 4.79 Å². The minimum atomic E-state index is -0.125. The first-order valence-electron chi connectivity index (χ1n) is 5.85. The highest BCUT2D eigenvalue weighted by atomic mass is 32.1. The van der Waals surface area contributed by atoms with Gasteiger partial charge in [0.1, 0.15) is 0 Å². The fourth-order valence-electron chi connectivity index (χ4n) is 1.50. The van der Waals surface area contributed by atoms with Crippen LogP contribution in [-0.4, -0.2) is 16.7 Å². The Kier molecular flexibility index (Phi) is 5.44. The molecule has 0 saturated heterocycles. The fourth-order valence-corrected chi connectivity index (χ4v) is 1.55. The van der Waals surface area contributed by atoms with Crippen molar-refractivity contribution in [2.75, 3.05) is 5.32 Å². The predicted octanol–water partition coefficient (Wildman–Crippen LogP) is 1.84. The molecule has 0 fully saturated rings. The van der Waals surface area contributed by atoms with Gasteiger partial charge < -0.3 is 11.1 Å². The van der Waals surface area contributed by atoms with Gasteiger partial charge in [0, 0.05) is 11.4 Å². The van der Waals surface area contributed by atoms with Crippen molar-refractivity contribution in [2.24, 2.45) is 10.8 Å². The standard InChI is InChI=1S/C13H18N4OS/c1-8-5-4-6-11(10(8)3)15-12(18)7-9(2)16-17-13(14)19/h4-6H,7H2,1-3H3,(H,15,18)(H3,14,17,19). The number of thiocarbonyl (C=S) groups is 1. The largest absolute Gasteiger partial charge is 0.375 e. The van der Waals surface area contributed by atoms with Crippen LogP contribution in [0.4, 0.5) is 5.69 Å². The van der Waals surface area contributed by atoms with Gasteiger partial charge in [-0.25, -0.2) is 0 Å². The molecule has 6 heteroatoms. The molecule has 0 bridgehead atoms. The lowest BCUT2D eigenvalue weighted by Gasteiger charge is -2.10. The summed E-state index contributed by atoms with van der Waals surface area (Å²) in [7, 11) is 0. The van der Waals surface area contributed by atoms with Crippen molar-refractivity contribution in [3.8, 4) is 0 Å². The number of hydrogen-bond donors (Lipinski definition) is 3. The monoisotopic (exact) mass is 278 g/mol. The first-order valence-corrected chi connectivity index (χ1v) is 6.25. The summed E-state index contributed by atoms with van der Waals surface area (Å²) < 4.78 is 0. The van der Waals surface area contributed by atoms with Crippen molar-refractivity contribution in [1.82, 2.24) is 5.43 Å². The van der Waals surface area contributed by atoms with Crippen LogP contribution in [0.2, 0.25) is 0 Å². The Morgan fingerprint density at radius 2 is 2.11 bits per heavy atom. The third-order valence-electron chi connectivity index (χ3n) is 2.65. The molecule has 1 rings (SSSR count). The van der Waals surface area contributed by atoms with Gasteiger partial charge in [-0.05, 0) is 50.2 Å². The smallest absolute Gasteiger partial charge is 0.230 e. The van der Waals surface area contributed by atoms with Gasteiger partial charge in [-0.15, -0.1) is 0 Å². The van der Waals surface area contributed by atoms with E-state index in [-0.39, 0.29) is 17.4 Å². The molecule has 0 aromatic heterocycles. The maximum atomic E-state index is 11.8. The number of carbonyl (C=O) groups is 1. The average molecular weight is 278 g/mol. The zero-order valence-electron chi connectivity index (χ0n) is 11.3. The van der Waals surface area contributed by atoms with Crippen molar-refractivity contribution in [3.05, 3.63) is 29.3 Å².